The molecule has 2 aliphatic heterocycles. The number of nitrogens with zero attached hydrogens (tertiary/aromatic N) is 4. The Morgan fingerprint density at radius 1 is 1.10 bits per heavy atom. The second kappa shape index (κ2) is 9.96. The molecule has 1 saturated carbocycles. The molecule has 4 rings (SSSR count). The van der Waals surface area contributed by atoms with Crippen molar-refractivity contribution in [1.29, 1.82) is 0 Å². The Bertz CT molecular complexity index is 788. The van der Waals surface area contributed by atoms with Gasteiger partial charge in [-0.25, -0.2) is 4.98 Å². The zero-order valence-corrected chi connectivity index (χ0v) is 20.0. The van der Waals surface area contributed by atoms with E-state index in [0.29, 0.717) is 24.5 Å². The highest BCUT2D eigenvalue weighted by Gasteiger charge is 2.38. The van der Waals surface area contributed by atoms with Crippen LogP contribution in [0.25, 0.3) is 0 Å². The maximum absolute atomic E-state index is 13.0. The van der Waals surface area contributed by atoms with Crippen LogP contribution in [0.15, 0.2) is 0 Å². The third kappa shape index (κ3) is 5.46. The molecule has 7 nitrogen and oxygen atoms in total. The zero-order valence-electron chi connectivity index (χ0n) is 19.1. The van der Waals surface area contributed by atoms with Crippen molar-refractivity contribution in [3.05, 3.63) is 15.6 Å². The second-order valence-electron chi connectivity index (χ2n) is 9.31. The molecule has 3 heterocycles. The highest BCUT2D eigenvalue weighted by Crippen LogP contribution is 2.33. The number of ether oxygens (including phenoxy) is 1. The van der Waals surface area contributed by atoms with Gasteiger partial charge in [0.1, 0.15) is 4.88 Å². The maximum Gasteiger partial charge on any atom is 0.265 e. The summed E-state index contributed by atoms with van der Waals surface area (Å²) in [6.07, 6.45) is 6.36. The van der Waals surface area contributed by atoms with Crippen molar-refractivity contribution in [2.24, 2.45) is 5.92 Å². The summed E-state index contributed by atoms with van der Waals surface area (Å²) in [7, 11) is 1.89. The van der Waals surface area contributed by atoms with E-state index in [2.05, 4.69) is 14.8 Å². The number of aromatic nitrogens is 1. The van der Waals surface area contributed by atoms with Crippen LogP contribution in [0.2, 0.25) is 0 Å². The molecule has 3 aliphatic rings. The quantitative estimate of drug-likeness (QED) is 0.642. The van der Waals surface area contributed by atoms with E-state index in [1.165, 1.54) is 11.3 Å². The lowest BCUT2D eigenvalue weighted by atomic mass is 9.98. The predicted molar refractivity (Wildman–Crippen MR) is 121 cm³/mol. The van der Waals surface area contributed by atoms with Crippen LogP contribution in [0.5, 0.6) is 0 Å². The minimum absolute atomic E-state index is 0.0595. The third-order valence-corrected chi connectivity index (χ3v) is 7.96. The largest absolute Gasteiger partial charge is 0.381 e. The predicted octanol–water partition coefficient (Wildman–Crippen LogP) is 2.71. The Labute approximate surface area is 189 Å². The number of likely N-dealkylation sites (N-methyl/N-ethyl adjacent to an activating group) is 1. The molecule has 0 radical (unpaired) electrons. The van der Waals surface area contributed by atoms with Crippen molar-refractivity contribution >= 4 is 23.2 Å². The Morgan fingerprint density at radius 2 is 1.84 bits per heavy atom. The van der Waals surface area contributed by atoms with E-state index in [4.69, 9.17) is 4.74 Å². The molecule has 0 spiro atoms. The molecule has 2 saturated heterocycles. The number of carbonyl (C=O) groups is 2. The highest BCUT2D eigenvalue weighted by molar-refractivity contribution is 7.13. The SMILES string of the molecule is Cc1nc(C)c(C(=O)N(C)CCN(C2CCOCC2)C2CCCN(C(=O)C3CC3)C2)s1. The van der Waals surface area contributed by atoms with E-state index in [1.54, 1.807) is 0 Å². The number of carbonyl (C=O) groups excluding carboxylic acids is 2. The van der Waals surface area contributed by atoms with Gasteiger partial charge in [0, 0.05) is 64.4 Å². The fourth-order valence-electron chi connectivity index (χ4n) is 4.96. The molecule has 1 atom stereocenters. The second-order valence-corrected chi connectivity index (χ2v) is 10.5. The molecule has 1 aliphatic carbocycles. The van der Waals surface area contributed by atoms with Gasteiger partial charge in [0.2, 0.25) is 5.91 Å². The zero-order chi connectivity index (χ0) is 22.0. The summed E-state index contributed by atoms with van der Waals surface area (Å²) in [5, 5.41) is 0.931. The molecule has 1 aromatic heterocycles. The van der Waals surface area contributed by atoms with Crippen LogP contribution in [0, 0.1) is 19.8 Å². The number of thiazole rings is 1. The lowest BCUT2D eigenvalue weighted by Crippen LogP contribution is -2.55. The first-order valence-electron chi connectivity index (χ1n) is 11.8. The molecular weight excluding hydrogens is 412 g/mol. The standard InChI is InChI=1S/C23H36N4O3S/c1-16-21(31-17(2)24-16)23(29)25(3)11-12-27(19-8-13-30-14-9-19)20-5-4-10-26(15-20)22(28)18-6-7-18/h18-20H,4-15H2,1-3H3. The van der Waals surface area contributed by atoms with Crippen LogP contribution in [0.1, 0.15) is 58.9 Å². The number of likely N-dealkylation sites (tertiary alicyclic amines) is 1. The summed E-state index contributed by atoms with van der Waals surface area (Å²) in [5.41, 5.74) is 0.821. The van der Waals surface area contributed by atoms with Gasteiger partial charge in [0.15, 0.2) is 0 Å². The Balaban J connectivity index is 1.41. The van der Waals surface area contributed by atoms with Gasteiger partial charge in [-0.2, -0.15) is 0 Å². The van der Waals surface area contributed by atoms with Crippen molar-refractivity contribution in [3.8, 4) is 0 Å². The van der Waals surface area contributed by atoms with E-state index in [1.807, 2.05) is 25.8 Å². The lowest BCUT2D eigenvalue weighted by Gasteiger charge is -2.44. The summed E-state index contributed by atoms with van der Waals surface area (Å²) in [4.78, 5) is 37.3. The molecule has 0 bridgehead atoms. The number of aryl methyl sites for hydroxylation is 2. The number of hydrogen-bond acceptors (Lipinski definition) is 6. The highest BCUT2D eigenvalue weighted by atomic mass is 32.1. The third-order valence-electron chi connectivity index (χ3n) is 6.90. The first kappa shape index (κ1) is 22.7. The number of rotatable bonds is 7. The van der Waals surface area contributed by atoms with Gasteiger partial charge in [-0.15, -0.1) is 11.3 Å². The summed E-state index contributed by atoms with van der Waals surface area (Å²) in [5.74, 6) is 0.703. The molecule has 0 N–H and O–H groups in total. The topological polar surface area (TPSA) is 66.0 Å². The average molecular weight is 449 g/mol. The van der Waals surface area contributed by atoms with Gasteiger partial charge in [0.25, 0.3) is 5.91 Å². The molecule has 1 aromatic rings. The van der Waals surface area contributed by atoms with Gasteiger partial charge >= 0.3 is 0 Å². The Hall–Kier alpha value is -1.51. The van der Waals surface area contributed by atoms with E-state index < -0.39 is 0 Å². The van der Waals surface area contributed by atoms with E-state index in [-0.39, 0.29) is 11.8 Å². The molecule has 2 amide bonds. The first-order valence-corrected chi connectivity index (χ1v) is 12.6. The van der Waals surface area contributed by atoms with Crippen molar-refractivity contribution in [2.45, 2.75) is 64.5 Å². The van der Waals surface area contributed by atoms with Gasteiger partial charge in [-0.05, 0) is 52.4 Å². The van der Waals surface area contributed by atoms with Crippen molar-refractivity contribution < 1.29 is 14.3 Å². The first-order chi connectivity index (χ1) is 14.9. The summed E-state index contributed by atoms with van der Waals surface area (Å²) in [6.45, 7) is 8.69. The minimum atomic E-state index is 0.0595. The van der Waals surface area contributed by atoms with E-state index >= 15 is 0 Å². The monoisotopic (exact) mass is 448 g/mol. The van der Waals surface area contributed by atoms with E-state index in [0.717, 1.165) is 87.0 Å². The molecule has 1 unspecified atom stereocenters. The normalized spacial score (nSPS) is 22.7. The van der Waals surface area contributed by atoms with Crippen LogP contribution >= 0.6 is 11.3 Å². The van der Waals surface area contributed by atoms with Gasteiger partial charge in [-0.1, -0.05) is 0 Å². The fourth-order valence-corrected chi connectivity index (χ4v) is 5.88. The van der Waals surface area contributed by atoms with Crippen LogP contribution in [0.3, 0.4) is 0 Å². The number of amides is 2. The number of piperidine rings is 1. The Morgan fingerprint density at radius 3 is 2.48 bits per heavy atom. The van der Waals surface area contributed by atoms with Crippen LogP contribution in [-0.2, 0) is 9.53 Å². The summed E-state index contributed by atoms with van der Waals surface area (Å²) >= 11 is 1.48. The van der Waals surface area contributed by atoms with Gasteiger partial charge in [-0.3, -0.25) is 14.5 Å². The van der Waals surface area contributed by atoms with Crippen molar-refractivity contribution in [2.75, 3.05) is 46.4 Å². The van der Waals surface area contributed by atoms with E-state index in [9.17, 15) is 9.59 Å². The van der Waals surface area contributed by atoms with Crippen LogP contribution in [0.4, 0.5) is 0 Å². The molecular formula is C23H36N4O3S. The summed E-state index contributed by atoms with van der Waals surface area (Å²) in [6, 6.07) is 0.834. The number of hydrogen-bond donors (Lipinski definition) is 0. The average Bonchev–Trinajstić information content (AvgIpc) is 3.57. The maximum atomic E-state index is 13.0. The Kier molecular flexibility index (Phi) is 7.29. The smallest absolute Gasteiger partial charge is 0.265 e. The van der Waals surface area contributed by atoms with Crippen LogP contribution in [-0.4, -0.2) is 90.0 Å². The lowest BCUT2D eigenvalue weighted by molar-refractivity contribution is -0.135. The fraction of sp³-hybridized carbons (Fsp3) is 0.783. The molecule has 172 valence electrons. The molecule has 31 heavy (non-hydrogen) atoms. The van der Waals surface area contributed by atoms with Gasteiger partial charge in [0.05, 0.1) is 10.7 Å². The molecule has 8 heteroatoms. The van der Waals surface area contributed by atoms with Gasteiger partial charge < -0.3 is 14.5 Å². The minimum Gasteiger partial charge on any atom is -0.381 e. The van der Waals surface area contributed by atoms with Crippen molar-refractivity contribution in [3.63, 3.8) is 0 Å². The summed E-state index contributed by atoms with van der Waals surface area (Å²) < 4.78 is 5.61. The molecule has 3 fully saturated rings. The van der Waals surface area contributed by atoms with Crippen molar-refractivity contribution in [1.82, 2.24) is 19.7 Å². The van der Waals surface area contributed by atoms with Crippen LogP contribution < -0.4 is 0 Å². The molecule has 0 aromatic carbocycles.